The monoisotopic (exact) mass is 310 g/mol. The molecular formula is C17H22N6. The molecule has 0 amide bonds. The largest absolute Gasteiger partial charge is 0.346 e. The molecule has 6 heteroatoms. The minimum absolute atomic E-state index is 0.373. The van der Waals surface area contributed by atoms with Crippen LogP contribution < -0.4 is 5.32 Å². The highest BCUT2D eigenvalue weighted by molar-refractivity contribution is 5.91. The fraction of sp³-hybridized carbons (Fsp3) is 0.353. The number of likely N-dealkylation sites (N-methyl/N-ethyl adjacent to an activating group) is 1. The molecule has 0 aliphatic carbocycles. The van der Waals surface area contributed by atoms with Crippen LogP contribution >= 0.6 is 0 Å². The van der Waals surface area contributed by atoms with E-state index in [1.54, 1.807) is 6.20 Å². The van der Waals surface area contributed by atoms with Crippen molar-refractivity contribution < 1.29 is 0 Å². The fourth-order valence-corrected chi connectivity index (χ4v) is 2.80. The molecule has 0 atom stereocenters. The summed E-state index contributed by atoms with van der Waals surface area (Å²) in [6.45, 7) is 9.61. The molecule has 0 unspecified atom stereocenters. The van der Waals surface area contributed by atoms with Crippen LogP contribution in [0.15, 0.2) is 34.6 Å². The highest BCUT2D eigenvalue weighted by Gasteiger charge is 2.22. The smallest absolute Gasteiger partial charge is 0.137 e. The molecule has 3 rings (SSSR count). The lowest BCUT2D eigenvalue weighted by molar-refractivity contribution is 0.193. The van der Waals surface area contributed by atoms with Crippen LogP contribution in [0.25, 0.3) is 16.7 Å². The molecule has 6 nitrogen and oxygen atoms in total. The van der Waals surface area contributed by atoms with Gasteiger partial charge in [0.1, 0.15) is 5.65 Å². The van der Waals surface area contributed by atoms with Gasteiger partial charge < -0.3 is 15.2 Å². The molecule has 1 aliphatic rings. The van der Waals surface area contributed by atoms with Crippen LogP contribution in [0, 0.1) is 6.92 Å². The number of hydrogen-bond donors (Lipinski definition) is 2. The van der Waals surface area contributed by atoms with Gasteiger partial charge in [0, 0.05) is 36.4 Å². The van der Waals surface area contributed by atoms with E-state index in [1.165, 1.54) is 5.56 Å². The first kappa shape index (κ1) is 15.4. The van der Waals surface area contributed by atoms with Crippen molar-refractivity contribution in [2.45, 2.75) is 19.9 Å². The highest BCUT2D eigenvalue weighted by atomic mass is 15.2. The summed E-state index contributed by atoms with van der Waals surface area (Å²) in [5.41, 5.74) is 3.88. The van der Waals surface area contributed by atoms with Gasteiger partial charge in [0.05, 0.1) is 23.8 Å². The zero-order chi connectivity index (χ0) is 16.4. The number of rotatable bonds is 4. The van der Waals surface area contributed by atoms with Gasteiger partial charge in [-0.05, 0) is 39.2 Å². The van der Waals surface area contributed by atoms with Crippen molar-refractivity contribution in [1.29, 1.82) is 0 Å². The molecule has 1 fully saturated rings. The predicted octanol–water partition coefficient (Wildman–Crippen LogP) is 2.19. The molecular weight excluding hydrogens is 288 g/mol. The Morgan fingerprint density at radius 1 is 1.52 bits per heavy atom. The first-order valence-corrected chi connectivity index (χ1v) is 7.67. The molecule has 3 heterocycles. The Balaban J connectivity index is 1.84. The lowest BCUT2D eigenvalue weighted by Gasteiger charge is -2.33. The normalized spacial score (nSPS) is 17.3. The maximum Gasteiger partial charge on any atom is 0.137 e. The Bertz CT molecular complexity index is 779. The highest BCUT2D eigenvalue weighted by Crippen LogP contribution is 2.20. The number of nitrogens with one attached hydrogen (secondary N) is 2. The third-order valence-electron chi connectivity index (χ3n) is 4.01. The average molecular weight is 310 g/mol. The average Bonchev–Trinajstić information content (AvgIpc) is 2.86. The van der Waals surface area contributed by atoms with Gasteiger partial charge >= 0.3 is 0 Å². The molecule has 0 bridgehead atoms. The van der Waals surface area contributed by atoms with E-state index in [4.69, 9.17) is 0 Å². The Labute approximate surface area is 136 Å². The van der Waals surface area contributed by atoms with Gasteiger partial charge in [0.25, 0.3) is 0 Å². The first-order valence-electron chi connectivity index (χ1n) is 7.67. The van der Waals surface area contributed by atoms with Crippen LogP contribution in [-0.2, 0) is 0 Å². The third-order valence-corrected chi connectivity index (χ3v) is 4.01. The van der Waals surface area contributed by atoms with E-state index >= 15 is 0 Å². The second-order valence-electron chi connectivity index (χ2n) is 6.03. The van der Waals surface area contributed by atoms with Crippen LogP contribution in [0.5, 0.6) is 0 Å². The summed E-state index contributed by atoms with van der Waals surface area (Å²) in [4.78, 5) is 18.5. The van der Waals surface area contributed by atoms with E-state index in [0.717, 1.165) is 41.2 Å². The Morgan fingerprint density at radius 3 is 3.00 bits per heavy atom. The molecule has 2 aromatic heterocycles. The number of pyridine rings is 1. The molecule has 0 aromatic carbocycles. The summed E-state index contributed by atoms with van der Waals surface area (Å²) < 4.78 is 0. The summed E-state index contributed by atoms with van der Waals surface area (Å²) in [6.07, 6.45) is 5.49. The second kappa shape index (κ2) is 6.34. The first-order chi connectivity index (χ1) is 11.1. The van der Waals surface area contributed by atoms with E-state index in [-0.39, 0.29) is 0 Å². The molecule has 0 radical (unpaired) electrons. The van der Waals surface area contributed by atoms with Crippen LogP contribution in [0.2, 0.25) is 0 Å². The zero-order valence-electron chi connectivity index (χ0n) is 13.8. The molecule has 2 aromatic rings. The van der Waals surface area contributed by atoms with E-state index in [1.807, 2.05) is 19.3 Å². The SMILES string of the molecule is C=N/C=C(\NC(C)=NC1CN(C)C1)c1cnc2[nH]cc(C)c2c1. The maximum absolute atomic E-state index is 4.68. The van der Waals surface area contributed by atoms with E-state index < -0.39 is 0 Å². The minimum atomic E-state index is 0.373. The molecule has 0 saturated carbocycles. The lowest BCUT2D eigenvalue weighted by atomic mass is 10.1. The molecule has 0 spiro atoms. The van der Waals surface area contributed by atoms with Gasteiger partial charge in [-0.15, -0.1) is 0 Å². The third kappa shape index (κ3) is 3.32. The number of aromatic nitrogens is 2. The van der Waals surface area contributed by atoms with Gasteiger partial charge in [0.15, 0.2) is 0 Å². The Morgan fingerprint density at radius 2 is 2.30 bits per heavy atom. The van der Waals surface area contributed by atoms with Crippen molar-refractivity contribution in [3.05, 3.63) is 35.8 Å². The van der Waals surface area contributed by atoms with E-state index in [2.05, 4.69) is 56.9 Å². The number of aliphatic imine (C=N–C) groups is 2. The maximum atomic E-state index is 4.68. The minimum Gasteiger partial charge on any atom is -0.346 e. The van der Waals surface area contributed by atoms with Crippen molar-refractivity contribution in [1.82, 2.24) is 20.2 Å². The number of H-pyrrole nitrogens is 1. The van der Waals surface area contributed by atoms with E-state index in [9.17, 15) is 0 Å². The number of amidine groups is 1. The number of likely N-dealkylation sites (tertiary alicyclic amines) is 1. The van der Waals surface area contributed by atoms with Gasteiger partial charge in [-0.2, -0.15) is 0 Å². The van der Waals surface area contributed by atoms with Crippen molar-refractivity contribution in [3.63, 3.8) is 0 Å². The van der Waals surface area contributed by atoms with Crippen molar-refractivity contribution >= 4 is 29.3 Å². The molecule has 2 N–H and O–H groups in total. The van der Waals surface area contributed by atoms with Gasteiger partial charge in [-0.25, -0.2) is 4.98 Å². The number of fused-ring (bicyclic) bond motifs is 1. The molecule has 120 valence electrons. The van der Waals surface area contributed by atoms with Crippen LogP contribution in [0.1, 0.15) is 18.1 Å². The van der Waals surface area contributed by atoms with Gasteiger partial charge in [-0.3, -0.25) is 9.98 Å². The van der Waals surface area contributed by atoms with Crippen molar-refractivity contribution in [2.75, 3.05) is 20.1 Å². The number of aryl methyl sites for hydroxylation is 1. The summed E-state index contributed by atoms with van der Waals surface area (Å²) >= 11 is 0. The Hall–Kier alpha value is -2.47. The number of hydrogen-bond acceptors (Lipinski definition) is 4. The van der Waals surface area contributed by atoms with Crippen molar-refractivity contribution in [3.8, 4) is 0 Å². The number of nitrogens with zero attached hydrogens (tertiary/aromatic N) is 4. The topological polar surface area (TPSA) is 68.7 Å². The molecule has 1 saturated heterocycles. The van der Waals surface area contributed by atoms with Crippen molar-refractivity contribution in [2.24, 2.45) is 9.98 Å². The zero-order valence-corrected chi connectivity index (χ0v) is 13.8. The van der Waals surface area contributed by atoms with Gasteiger partial charge in [-0.1, -0.05) is 0 Å². The lowest BCUT2D eigenvalue weighted by Crippen LogP contribution is -2.47. The number of aromatic amines is 1. The van der Waals surface area contributed by atoms with Crippen LogP contribution in [0.3, 0.4) is 0 Å². The van der Waals surface area contributed by atoms with Gasteiger partial charge in [0.2, 0.25) is 0 Å². The summed E-state index contributed by atoms with van der Waals surface area (Å²) in [5, 5.41) is 4.44. The second-order valence-corrected chi connectivity index (χ2v) is 6.03. The van der Waals surface area contributed by atoms with E-state index in [0.29, 0.717) is 6.04 Å². The predicted molar refractivity (Wildman–Crippen MR) is 95.9 cm³/mol. The fourth-order valence-electron chi connectivity index (χ4n) is 2.80. The Kier molecular flexibility index (Phi) is 4.25. The quantitative estimate of drug-likeness (QED) is 0.672. The molecule has 23 heavy (non-hydrogen) atoms. The summed E-state index contributed by atoms with van der Waals surface area (Å²) in [7, 11) is 2.10. The summed E-state index contributed by atoms with van der Waals surface area (Å²) in [6, 6.07) is 2.47. The standard InChI is InChI=1S/C17H22N6/c1-11-6-19-17-15(11)5-13(7-20-17)16(8-18-3)22-12(2)21-14-9-23(4)10-14/h5-8,14H,3,9-10H2,1-2,4H3,(H,19,20)(H,21,22)/b16-8-. The summed E-state index contributed by atoms with van der Waals surface area (Å²) in [5.74, 6) is 0.879. The van der Waals surface area contributed by atoms with Crippen LogP contribution in [0.4, 0.5) is 0 Å². The molecule has 1 aliphatic heterocycles. The van der Waals surface area contributed by atoms with Crippen LogP contribution in [-0.4, -0.2) is 53.6 Å².